The van der Waals surface area contributed by atoms with E-state index in [0.717, 1.165) is 12.8 Å². The van der Waals surface area contributed by atoms with Crippen LogP contribution in [0.1, 0.15) is 36.7 Å². The third kappa shape index (κ3) is 4.86. The summed E-state index contributed by atoms with van der Waals surface area (Å²) in [7, 11) is -4.32. The molecule has 11 nitrogen and oxygen atoms in total. The quantitative estimate of drug-likeness (QED) is 0.424. The third-order valence-corrected chi connectivity index (χ3v) is 5.73. The van der Waals surface area contributed by atoms with E-state index in [1.165, 1.54) is 28.3 Å². The molecule has 4 N–H and O–H groups in total. The summed E-state index contributed by atoms with van der Waals surface area (Å²) < 4.78 is 46.8. The molecule has 4 rings (SSSR count). The number of aliphatic hydroxyl groups is 1. The van der Waals surface area contributed by atoms with E-state index in [0.29, 0.717) is 17.0 Å². The molecule has 0 amide bonds. The van der Waals surface area contributed by atoms with Gasteiger partial charge < -0.3 is 15.2 Å². The number of fused-ring (bicyclic) bond motifs is 2. The zero-order valence-electron chi connectivity index (χ0n) is 17.1. The number of imidazole rings is 1. The molecular formula is C19H23FN6O5S. The lowest BCUT2D eigenvalue weighted by atomic mass is 10.1. The molecule has 13 heteroatoms. The highest BCUT2D eigenvalue weighted by Gasteiger charge is 2.27. The fourth-order valence-electron chi connectivity index (χ4n) is 3.76. The van der Waals surface area contributed by atoms with Crippen LogP contribution in [0, 0.1) is 0 Å². The van der Waals surface area contributed by atoms with Crippen LogP contribution in [0.4, 0.5) is 10.2 Å². The van der Waals surface area contributed by atoms with Crippen molar-refractivity contribution in [3.63, 3.8) is 0 Å². The maximum Gasteiger partial charge on any atom is 0.333 e. The van der Waals surface area contributed by atoms with E-state index >= 15 is 0 Å². The fraction of sp³-hybridized carbons (Fsp3) is 0.421. The Labute approximate surface area is 183 Å². The van der Waals surface area contributed by atoms with E-state index in [1.807, 2.05) is 12.1 Å². The summed E-state index contributed by atoms with van der Waals surface area (Å²) in [5.41, 5.74) is 3.41. The van der Waals surface area contributed by atoms with Crippen LogP contribution < -0.4 is 10.5 Å². The highest BCUT2D eigenvalue weighted by atomic mass is 32.2. The number of aryl methyl sites for hydroxylation is 1. The third-order valence-electron chi connectivity index (χ3n) is 5.27. The Kier molecular flexibility index (Phi) is 6.35. The molecule has 0 spiro atoms. The summed E-state index contributed by atoms with van der Waals surface area (Å²) in [6.07, 6.45) is -0.254. The second-order valence-corrected chi connectivity index (χ2v) is 8.63. The Morgan fingerprint density at radius 3 is 2.88 bits per heavy atom. The van der Waals surface area contributed by atoms with Crippen molar-refractivity contribution < 1.29 is 26.8 Å². The Hall–Kier alpha value is -2.71. The normalized spacial score (nSPS) is 18.9. The molecule has 1 aromatic carbocycles. The van der Waals surface area contributed by atoms with Crippen molar-refractivity contribution in [3.8, 4) is 0 Å². The molecule has 2 heterocycles. The summed E-state index contributed by atoms with van der Waals surface area (Å²) in [6.45, 7) is 0.770. The molecule has 0 unspecified atom stereocenters. The first-order chi connectivity index (χ1) is 15.2. The second kappa shape index (κ2) is 9.03. The zero-order valence-corrected chi connectivity index (χ0v) is 17.9. The number of nitrogens with two attached hydrogens (primary N) is 1. The number of benzene rings is 1. The van der Waals surface area contributed by atoms with Gasteiger partial charge in [0.15, 0.2) is 17.0 Å². The summed E-state index contributed by atoms with van der Waals surface area (Å²) in [5.74, 6) is 0.544. The Morgan fingerprint density at radius 2 is 2.12 bits per heavy atom. The number of aliphatic hydroxyl groups excluding tert-OH is 1. The number of hydrogen-bond acceptors (Lipinski definition) is 9. The van der Waals surface area contributed by atoms with E-state index in [-0.39, 0.29) is 6.04 Å². The number of ether oxygens (including phenoxy) is 1. The molecule has 172 valence electrons. The number of nitrogens with zero attached hydrogens (tertiary/aromatic N) is 4. The standard InChI is InChI=1S/C19H23FN6O5S/c1-11(31-15(17(20)27)8-30-32(21,28)29)26-10-24-16-18(22-9-23-19(16)26)25-14-7-6-12-4-2-3-5-13(12)14/h2-5,9-11,14-15,17,27H,6-8H2,1H3,(H2,21,28,29)(H,22,23,25)/t11-,14+,15-,17-/m1/s1. The number of anilines is 1. The summed E-state index contributed by atoms with van der Waals surface area (Å²) in [6, 6.07) is 8.29. The molecule has 0 radical (unpaired) electrons. The van der Waals surface area contributed by atoms with E-state index in [1.54, 1.807) is 6.92 Å². The summed E-state index contributed by atoms with van der Waals surface area (Å²) in [5, 5.41) is 17.5. The zero-order chi connectivity index (χ0) is 22.9. The van der Waals surface area contributed by atoms with Crippen molar-refractivity contribution >= 4 is 27.3 Å². The van der Waals surface area contributed by atoms with Crippen molar-refractivity contribution in [2.75, 3.05) is 11.9 Å². The minimum absolute atomic E-state index is 0.0875. The minimum Gasteiger partial charge on any atom is -0.362 e. The van der Waals surface area contributed by atoms with E-state index in [4.69, 9.17) is 9.88 Å². The van der Waals surface area contributed by atoms with Crippen LogP contribution >= 0.6 is 0 Å². The molecule has 0 aliphatic heterocycles. The number of aromatic nitrogens is 4. The SMILES string of the molecule is C[C@@H](O[C@H](COS(N)(=O)=O)[C@@H](O)F)n1cnc2c(N[C@H]3CCc4ccccc43)ncnc21. The molecular weight excluding hydrogens is 443 g/mol. The maximum absolute atomic E-state index is 13.5. The van der Waals surface area contributed by atoms with Crippen molar-refractivity contribution in [1.82, 2.24) is 19.5 Å². The Morgan fingerprint density at radius 1 is 1.34 bits per heavy atom. The van der Waals surface area contributed by atoms with Gasteiger partial charge in [-0.1, -0.05) is 24.3 Å². The molecule has 2 aromatic heterocycles. The summed E-state index contributed by atoms with van der Waals surface area (Å²) >= 11 is 0. The average molecular weight is 466 g/mol. The van der Waals surface area contributed by atoms with Crippen molar-refractivity contribution in [1.29, 1.82) is 0 Å². The largest absolute Gasteiger partial charge is 0.362 e. The van der Waals surface area contributed by atoms with Crippen LogP contribution in [0.15, 0.2) is 36.9 Å². The minimum atomic E-state index is -4.32. The van der Waals surface area contributed by atoms with Gasteiger partial charge in [0.1, 0.15) is 18.7 Å². The van der Waals surface area contributed by atoms with Gasteiger partial charge in [-0.25, -0.2) is 24.5 Å². The van der Waals surface area contributed by atoms with Gasteiger partial charge in [0.05, 0.1) is 19.0 Å². The Bertz CT molecular complexity index is 1200. The maximum atomic E-state index is 13.5. The smallest absolute Gasteiger partial charge is 0.333 e. The molecule has 0 bridgehead atoms. The molecule has 0 fully saturated rings. The van der Waals surface area contributed by atoms with Gasteiger partial charge in [0.25, 0.3) is 0 Å². The number of hydrogen-bond donors (Lipinski definition) is 3. The van der Waals surface area contributed by atoms with Gasteiger partial charge in [-0.05, 0) is 30.9 Å². The molecule has 0 saturated carbocycles. The van der Waals surface area contributed by atoms with Gasteiger partial charge in [-0.2, -0.15) is 8.42 Å². The van der Waals surface area contributed by atoms with Gasteiger partial charge in [0, 0.05) is 0 Å². The number of nitrogens with one attached hydrogen (secondary N) is 1. The highest BCUT2D eigenvalue weighted by molar-refractivity contribution is 7.84. The topological polar surface area (TPSA) is 154 Å². The van der Waals surface area contributed by atoms with Gasteiger partial charge in [-0.3, -0.25) is 8.75 Å². The molecule has 3 aromatic rings. The van der Waals surface area contributed by atoms with Crippen LogP contribution in [0.3, 0.4) is 0 Å². The summed E-state index contributed by atoms with van der Waals surface area (Å²) in [4.78, 5) is 12.9. The average Bonchev–Trinajstić information content (AvgIpc) is 3.35. The highest BCUT2D eigenvalue weighted by Crippen LogP contribution is 2.34. The van der Waals surface area contributed by atoms with E-state index in [2.05, 4.69) is 36.6 Å². The predicted molar refractivity (Wildman–Crippen MR) is 112 cm³/mol. The van der Waals surface area contributed by atoms with Crippen LogP contribution in [-0.2, 0) is 25.6 Å². The predicted octanol–water partition coefficient (Wildman–Crippen LogP) is 1.34. The van der Waals surface area contributed by atoms with Crippen LogP contribution in [0.25, 0.3) is 11.2 Å². The van der Waals surface area contributed by atoms with Crippen molar-refractivity contribution in [2.24, 2.45) is 5.14 Å². The van der Waals surface area contributed by atoms with Crippen LogP contribution in [-0.4, -0.2) is 52.1 Å². The van der Waals surface area contributed by atoms with Crippen LogP contribution in [0.2, 0.25) is 0 Å². The number of alkyl halides is 1. The molecule has 1 aliphatic rings. The molecule has 32 heavy (non-hydrogen) atoms. The lowest BCUT2D eigenvalue weighted by Crippen LogP contribution is -2.34. The lowest BCUT2D eigenvalue weighted by molar-refractivity contribution is -0.151. The first-order valence-corrected chi connectivity index (χ1v) is 11.4. The second-order valence-electron chi connectivity index (χ2n) is 7.40. The Balaban J connectivity index is 1.53. The van der Waals surface area contributed by atoms with Crippen molar-refractivity contribution in [2.45, 2.75) is 44.5 Å². The number of halogens is 1. The first-order valence-electron chi connectivity index (χ1n) is 9.89. The molecule has 1 aliphatic carbocycles. The van der Waals surface area contributed by atoms with Gasteiger partial charge in [-0.15, -0.1) is 0 Å². The van der Waals surface area contributed by atoms with Crippen molar-refractivity contribution in [3.05, 3.63) is 48.0 Å². The van der Waals surface area contributed by atoms with Crippen LogP contribution in [0.5, 0.6) is 0 Å². The lowest BCUT2D eigenvalue weighted by Gasteiger charge is -2.23. The number of rotatable bonds is 9. The van der Waals surface area contributed by atoms with Gasteiger partial charge >= 0.3 is 10.3 Å². The monoisotopic (exact) mass is 466 g/mol. The fourth-order valence-corrected chi connectivity index (χ4v) is 4.08. The molecule has 0 saturated heterocycles. The van der Waals surface area contributed by atoms with Gasteiger partial charge in [0.2, 0.25) is 6.36 Å². The van der Waals surface area contributed by atoms with E-state index < -0.39 is 35.6 Å². The van der Waals surface area contributed by atoms with E-state index in [9.17, 15) is 17.9 Å². The molecule has 4 atom stereocenters. The first kappa shape index (κ1) is 22.5.